The van der Waals surface area contributed by atoms with E-state index in [1.165, 1.54) is 11.3 Å². The highest BCUT2D eigenvalue weighted by molar-refractivity contribution is 7.13. The van der Waals surface area contributed by atoms with Crippen molar-refractivity contribution in [1.29, 1.82) is 0 Å². The number of carbonyl (C=O) groups excluding carboxylic acids is 2. The monoisotopic (exact) mass is 437 g/mol. The number of nitrogens with zero attached hydrogens (tertiary/aromatic N) is 2. The molecule has 3 aromatic rings. The zero-order valence-electron chi connectivity index (χ0n) is 18.0. The van der Waals surface area contributed by atoms with Crippen molar-refractivity contribution in [2.45, 2.75) is 45.6 Å². The summed E-state index contributed by atoms with van der Waals surface area (Å²) in [4.78, 5) is 34.1. The van der Waals surface area contributed by atoms with Crippen LogP contribution in [0.3, 0.4) is 0 Å². The number of nitrogens with one attached hydrogen (secondary N) is 3. The van der Waals surface area contributed by atoms with Gasteiger partial charge in [0.15, 0.2) is 0 Å². The Morgan fingerprint density at radius 1 is 1.23 bits per heavy atom. The molecule has 0 atom stereocenters. The van der Waals surface area contributed by atoms with Crippen LogP contribution in [-0.4, -0.2) is 41.4 Å². The van der Waals surface area contributed by atoms with Crippen LogP contribution in [0.4, 0.5) is 5.69 Å². The molecule has 0 spiro atoms. The molecule has 8 heteroatoms. The van der Waals surface area contributed by atoms with Gasteiger partial charge in [0.2, 0.25) is 0 Å². The van der Waals surface area contributed by atoms with Gasteiger partial charge in [-0.2, -0.15) is 0 Å². The van der Waals surface area contributed by atoms with E-state index in [0.717, 1.165) is 58.4 Å². The molecule has 2 heterocycles. The highest BCUT2D eigenvalue weighted by atomic mass is 32.1. The molecule has 0 unspecified atom stereocenters. The molecule has 0 saturated heterocycles. The van der Waals surface area contributed by atoms with Gasteiger partial charge in [-0.15, -0.1) is 11.3 Å². The standard InChI is InChI=1S/C23H27N5O2S/c1-4-5-8-25-22(30)19-12-31-23(28-19)15-10-16-18(9-13(15)2)26-11-17(20(16)24-3)21(29)27-14-6-7-14/h9-12,14H,4-8H2,1-3H3,(H,24,26)(H,25,30)(H,27,29). The van der Waals surface area contributed by atoms with Crippen molar-refractivity contribution in [3.05, 3.63) is 40.5 Å². The van der Waals surface area contributed by atoms with Crippen molar-refractivity contribution < 1.29 is 9.59 Å². The first-order chi connectivity index (χ1) is 15.0. The summed E-state index contributed by atoms with van der Waals surface area (Å²) in [6, 6.07) is 4.28. The number of benzene rings is 1. The molecule has 0 radical (unpaired) electrons. The maximum atomic E-state index is 12.7. The van der Waals surface area contributed by atoms with E-state index in [4.69, 9.17) is 0 Å². The third-order valence-electron chi connectivity index (χ3n) is 5.40. The summed E-state index contributed by atoms with van der Waals surface area (Å²) in [6.07, 6.45) is 5.67. The van der Waals surface area contributed by atoms with Crippen molar-refractivity contribution in [3.63, 3.8) is 0 Å². The van der Waals surface area contributed by atoms with Gasteiger partial charge in [-0.1, -0.05) is 13.3 Å². The number of unbranched alkanes of at least 4 members (excludes halogenated alkanes) is 1. The summed E-state index contributed by atoms with van der Waals surface area (Å²) in [5, 5.41) is 12.5. The summed E-state index contributed by atoms with van der Waals surface area (Å²) in [5.41, 5.74) is 4.47. The smallest absolute Gasteiger partial charge is 0.270 e. The number of rotatable bonds is 8. The number of anilines is 1. The van der Waals surface area contributed by atoms with E-state index in [1.54, 1.807) is 11.6 Å². The van der Waals surface area contributed by atoms with E-state index in [2.05, 4.69) is 32.8 Å². The minimum atomic E-state index is -0.147. The van der Waals surface area contributed by atoms with Gasteiger partial charge < -0.3 is 16.0 Å². The topological polar surface area (TPSA) is 96.0 Å². The van der Waals surface area contributed by atoms with Crippen LogP contribution in [0, 0.1) is 6.92 Å². The quantitative estimate of drug-likeness (QED) is 0.461. The lowest BCUT2D eigenvalue weighted by atomic mass is 10.0. The fraction of sp³-hybridized carbons (Fsp3) is 0.391. The lowest BCUT2D eigenvalue weighted by Crippen LogP contribution is -2.26. The summed E-state index contributed by atoms with van der Waals surface area (Å²) >= 11 is 1.44. The molecule has 3 N–H and O–H groups in total. The van der Waals surface area contributed by atoms with Crippen molar-refractivity contribution in [1.82, 2.24) is 20.6 Å². The van der Waals surface area contributed by atoms with Crippen LogP contribution < -0.4 is 16.0 Å². The maximum absolute atomic E-state index is 12.7. The molecular weight excluding hydrogens is 410 g/mol. The second-order valence-electron chi connectivity index (χ2n) is 7.88. The van der Waals surface area contributed by atoms with E-state index in [9.17, 15) is 9.59 Å². The molecule has 2 aromatic heterocycles. The lowest BCUT2D eigenvalue weighted by Gasteiger charge is -2.14. The van der Waals surface area contributed by atoms with E-state index in [1.807, 2.05) is 26.1 Å². The molecule has 1 aliphatic carbocycles. The molecule has 1 saturated carbocycles. The van der Waals surface area contributed by atoms with Gasteiger partial charge in [-0.3, -0.25) is 14.6 Å². The van der Waals surface area contributed by atoms with Crippen LogP contribution in [0.5, 0.6) is 0 Å². The zero-order chi connectivity index (χ0) is 22.0. The van der Waals surface area contributed by atoms with Crippen LogP contribution >= 0.6 is 11.3 Å². The Balaban J connectivity index is 1.69. The molecule has 1 fully saturated rings. The number of pyridine rings is 1. The van der Waals surface area contributed by atoms with Crippen LogP contribution in [-0.2, 0) is 0 Å². The van der Waals surface area contributed by atoms with Gasteiger partial charge in [0, 0.05) is 42.2 Å². The Labute approximate surface area is 185 Å². The number of hydrogen-bond acceptors (Lipinski definition) is 6. The number of aromatic nitrogens is 2. The van der Waals surface area contributed by atoms with E-state index >= 15 is 0 Å². The van der Waals surface area contributed by atoms with Gasteiger partial charge in [-0.25, -0.2) is 4.98 Å². The summed E-state index contributed by atoms with van der Waals surface area (Å²) in [6.45, 7) is 4.75. The first-order valence-electron chi connectivity index (χ1n) is 10.7. The molecule has 162 valence electrons. The maximum Gasteiger partial charge on any atom is 0.270 e. The van der Waals surface area contributed by atoms with Gasteiger partial charge in [0.1, 0.15) is 10.7 Å². The van der Waals surface area contributed by atoms with E-state index in [-0.39, 0.29) is 17.9 Å². The second kappa shape index (κ2) is 9.01. The molecule has 4 rings (SSSR count). The minimum Gasteiger partial charge on any atom is -0.387 e. The first-order valence-corrected chi connectivity index (χ1v) is 11.6. The van der Waals surface area contributed by atoms with Crippen molar-refractivity contribution >= 4 is 39.7 Å². The molecule has 31 heavy (non-hydrogen) atoms. The Morgan fingerprint density at radius 2 is 2.03 bits per heavy atom. The van der Waals surface area contributed by atoms with Crippen molar-refractivity contribution in [2.24, 2.45) is 0 Å². The highest BCUT2D eigenvalue weighted by Crippen LogP contribution is 2.34. The average molecular weight is 438 g/mol. The average Bonchev–Trinajstić information content (AvgIpc) is 3.44. The van der Waals surface area contributed by atoms with Crippen LogP contribution in [0.2, 0.25) is 0 Å². The Morgan fingerprint density at radius 3 is 2.74 bits per heavy atom. The number of aryl methyl sites for hydroxylation is 1. The summed E-state index contributed by atoms with van der Waals surface area (Å²) < 4.78 is 0. The number of fused-ring (bicyclic) bond motifs is 1. The van der Waals surface area contributed by atoms with Gasteiger partial charge >= 0.3 is 0 Å². The third kappa shape index (κ3) is 4.54. The first kappa shape index (κ1) is 21.2. The normalized spacial score (nSPS) is 13.3. The van der Waals surface area contributed by atoms with Crippen molar-refractivity contribution in [3.8, 4) is 10.6 Å². The Bertz CT molecular complexity index is 1140. The molecule has 1 aromatic carbocycles. The number of carbonyl (C=O) groups is 2. The molecular formula is C23H27N5O2S. The number of hydrogen-bond donors (Lipinski definition) is 3. The van der Waals surface area contributed by atoms with Gasteiger partial charge in [0.05, 0.1) is 16.8 Å². The molecule has 2 amide bonds. The molecule has 0 bridgehead atoms. The lowest BCUT2D eigenvalue weighted by molar-refractivity contribution is 0.0942. The van der Waals surface area contributed by atoms with Crippen LogP contribution in [0.15, 0.2) is 23.7 Å². The molecule has 0 aliphatic heterocycles. The number of thiazole rings is 1. The van der Waals surface area contributed by atoms with Crippen LogP contribution in [0.25, 0.3) is 21.5 Å². The van der Waals surface area contributed by atoms with Crippen LogP contribution in [0.1, 0.15) is 59.0 Å². The number of amides is 2. The molecule has 1 aliphatic rings. The van der Waals surface area contributed by atoms with Gasteiger partial charge in [0.25, 0.3) is 11.8 Å². The summed E-state index contributed by atoms with van der Waals surface area (Å²) in [5.74, 6) is -0.255. The largest absolute Gasteiger partial charge is 0.387 e. The Kier molecular flexibility index (Phi) is 6.18. The predicted octanol–water partition coefficient (Wildman–Crippen LogP) is 4.13. The highest BCUT2D eigenvalue weighted by Gasteiger charge is 2.26. The fourth-order valence-corrected chi connectivity index (χ4v) is 4.36. The second-order valence-corrected chi connectivity index (χ2v) is 8.73. The van der Waals surface area contributed by atoms with Crippen molar-refractivity contribution in [2.75, 3.05) is 18.9 Å². The zero-order valence-corrected chi connectivity index (χ0v) is 18.9. The van der Waals surface area contributed by atoms with E-state index < -0.39 is 0 Å². The Hall–Kier alpha value is -3.00. The SMILES string of the molecule is CCCCNC(=O)c1csc(-c2cc3c(NC)c(C(=O)NC4CC4)cnc3cc2C)n1. The predicted molar refractivity (Wildman–Crippen MR) is 125 cm³/mol. The summed E-state index contributed by atoms with van der Waals surface area (Å²) in [7, 11) is 1.81. The van der Waals surface area contributed by atoms with Gasteiger partial charge in [-0.05, 0) is 43.9 Å². The fourth-order valence-electron chi connectivity index (χ4n) is 3.48. The third-order valence-corrected chi connectivity index (χ3v) is 6.28. The minimum absolute atomic E-state index is 0.108. The van der Waals surface area contributed by atoms with E-state index in [0.29, 0.717) is 17.8 Å². The molecule has 7 nitrogen and oxygen atoms in total.